The monoisotopic (exact) mass is 247 g/mol. The average molecular weight is 247 g/mol. The van der Waals surface area contributed by atoms with Crippen molar-refractivity contribution in [3.05, 3.63) is 57.6 Å². The van der Waals surface area contributed by atoms with Crippen molar-refractivity contribution >= 4 is 5.88 Å². The summed E-state index contributed by atoms with van der Waals surface area (Å²) < 4.78 is 5.03. The molecular formula is C12H13N3O3. The van der Waals surface area contributed by atoms with Crippen LogP contribution in [0.2, 0.25) is 0 Å². The molecule has 94 valence electrons. The number of nitro groups is 1. The number of rotatable bonds is 5. The lowest BCUT2D eigenvalue weighted by Gasteiger charge is -2.04. The highest BCUT2D eigenvalue weighted by atomic mass is 16.6. The van der Waals surface area contributed by atoms with Gasteiger partial charge in [-0.05, 0) is 24.6 Å². The molecule has 2 heterocycles. The van der Waals surface area contributed by atoms with Gasteiger partial charge in [0, 0.05) is 12.7 Å². The van der Waals surface area contributed by atoms with Crippen molar-refractivity contribution in [2.24, 2.45) is 0 Å². The van der Waals surface area contributed by atoms with Gasteiger partial charge in [-0.1, -0.05) is 6.07 Å². The summed E-state index contributed by atoms with van der Waals surface area (Å²) in [5, 5.41) is 13.6. The van der Waals surface area contributed by atoms with E-state index < -0.39 is 4.92 Å². The van der Waals surface area contributed by atoms with Crippen LogP contribution in [0.25, 0.3) is 0 Å². The van der Waals surface area contributed by atoms with Gasteiger partial charge in [0.15, 0.2) is 0 Å². The van der Waals surface area contributed by atoms with Crippen molar-refractivity contribution in [3.8, 4) is 0 Å². The molecule has 0 aliphatic rings. The van der Waals surface area contributed by atoms with E-state index >= 15 is 0 Å². The van der Waals surface area contributed by atoms with Crippen LogP contribution in [0.3, 0.4) is 0 Å². The SMILES string of the molecule is Cc1cccnc1CNCc1ccc([N+](=O)[O-])o1. The first-order chi connectivity index (χ1) is 8.66. The van der Waals surface area contributed by atoms with Gasteiger partial charge >= 0.3 is 5.88 Å². The number of hydrogen-bond donors (Lipinski definition) is 1. The van der Waals surface area contributed by atoms with E-state index in [4.69, 9.17) is 4.42 Å². The Hall–Kier alpha value is -2.21. The second kappa shape index (κ2) is 5.42. The molecule has 0 radical (unpaired) electrons. The molecule has 2 rings (SSSR count). The molecule has 0 unspecified atom stereocenters. The number of furan rings is 1. The predicted molar refractivity (Wildman–Crippen MR) is 64.9 cm³/mol. The minimum absolute atomic E-state index is 0.235. The van der Waals surface area contributed by atoms with Gasteiger partial charge < -0.3 is 9.73 Å². The minimum atomic E-state index is -0.549. The Bertz CT molecular complexity index is 551. The van der Waals surface area contributed by atoms with Crippen molar-refractivity contribution in [1.29, 1.82) is 0 Å². The number of aryl methyl sites for hydroxylation is 1. The Balaban J connectivity index is 1.88. The molecule has 0 amide bonds. The van der Waals surface area contributed by atoms with Gasteiger partial charge in [-0.15, -0.1) is 0 Å². The Morgan fingerprint density at radius 1 is 1.39 bits per heavy atom. The van der Waals surface area contributed by atoms with Crippen LogP contribution >= 0.6 is 0 Å². The van der Waals surface area contributed by atoms with Gasteiger partial charge in [0.25, 0.3) is 0 Å². The van der Waals surface area contributed by atoms with Gasteiger partial charge in [-0.2, -0.15) is 0 Å². The molecular weight excluding hydrogens is 234 g/mol. The van der Waals surface area contributed by atoms with E-state index in [-0.39, 0.29) is 5.88 Å². The summed E-state index contributed by atoms with van der Waals surface area (Å²) in [5.41, 5.74) is 2.06. The van der Waals surface area contributed by atoms with Crippen LogP contribution in [0.5, 0.6) is 0 Å². The van der Waals surface area contributed by atoms with Crippen LogP contribution in [-0.2, 0) is 13.1 Å². The molecule has 18 heavy (non-hydrogen) atoms. The van der Waals surface area contributed by atoms with Crippen molar-refractivity contribution in [2.75, 3.05) is 0 Å². The lowest BCUT2D eigenvalue weighted by Crippen LogP contribution is -2.14. The van der Waals surface area contributed by atoms with Crippen LogP contribution in [-0.4, -0.2) is 9.91 Å². The zero-order valence-electron chi connectivity index (χ0n) is 9.92. The maximum absolute atomic E-state index is 10.4. The standard InChI is InChI=1S/C12H13N3O3/c1-9-3-2-6-14-11(9)8-13-7-10-4-5-12(18-10)15(16)17/h2-6,13H,7-8H2,1H3. The normalized spacial score (nSPS) is 10.5. The molecule has 0 aliphatic carbocycles. The van der Waals surface area contributed by atoms with Gasteiger partial charge in [0.05, 0.1) is 18.3 Å². The summed E-state index contributed by atoms with van der Waals surface area (Å²) in [7, 11) is 0. The molecule has 1 N–H and O–H groups in total. The van der Waals surface area contributed by atoms with E-state index in [9.17, 15) is 10.1 Å². The second-order valence-electron chi connectivity index (χ2n) is 3.87. The Morgan fingerprint density at radius 3 is 2.89 bits per heavy atom. The van der Waals surface area contributed by atoms with Crippen LogP contribution in [0.4, 0.5) is 5.88 Å². The van der Waals surface area contributed by atoms with E-state index in [2.05, 4.69) is 10.3 Å². The Morgan fingerprint density at radius 2 is 2.22 bits per heavy atom. The number of nitrogens with one attached hydrogen (secondary N) is 1. The summed E-state index contributed by atoms with van der Waals surface area (Å²) in [6.45, 7) is 3.02. The fraction of sp³-hybridized carbons (Fsp3) is 0.250. The minimum Gasteiger partial charge on any atom is -0.404 e. The fourth-order valence-electron chi connectivity index (χ4n) is 1.57. The number of aromatic nitrogens is 1. The molecule has 0 aliphatic heterocycles. The maximum atomic E-state index is 10.4. The van der Waals surface area contributed by atoms with Gasteiger partial charge in [0.2, 0.25) is 0 Å². The van der Waals surface area contributed by atoms with Crippen molar-refractivity contribution in [1.82, 2.24) is 10.3 Å². The first kappa shape index (κ1) is 12.3. The van der Waals surface area contributed by atoms with Crippen LogP contribution in [0, 0.1) is 17.0 Å². The largest absolute Gasteiger partial charge is 0.433 e. The van der Waals surface area contributed by atoms with Gasteiger partial charge in [-0.3, -0.25) is 15.1 Å². The van der Waals surface area contributed by atoms with E-state index in [1.165, 1.54) is 6.07 Å². The Labute approximate surface area is 104 Å². The van der Waals surface area contributed by atoms with E-state index in [0.29, 0.717) is 18.8 Å². The zero-order chi connectivity index (χ0) is 13.0. The van der Waals surface area contributed by atoms with Crippen molar-refractivity contribution < 1.29 is 9.34 Å². The molecule has 0 fully saturated rings. The molecule has 0 bridgehead atoms. The smallest absolute Gasteiger partial charge is 0.404 e. The highest BCUT2D eigenvalue weighted by Gasteiger charge is 2.11. The lowest BCUT2D eigenvalue weighted by molar-refractivity contribution is -0.402. The topological polar surface area (TPSA) is 81.2 Å². The molecule has 0 spiro atoms. The van der Waals surface area contributed by atoms with Gasteiger partial charge in [0.1, 0.15) is 10.7 Å². The van der Waals surface area contributed by atoms with Crippen LogP contribution in [0.1, 0.15) is 17.0 Å². The highest BCUT2D eigenvalue weighted by Crippen LogP contribution is 2.15. The Kier molecular flexibility index (Phi) is 3.69. The number of pyridine rings is 1. The van der Waals surface area contributed by atoms with E-state index in [1.54, 1.807) is 12.3 Å². The quantitative estimate of drug-likeness (QED) is 0.647. The fourth-order valence-corrected chi connectivity index (χ4v) is 1.57. The molecule has 6 heteroatoms. The van der Waals surface area contributed by atoms with Gasteiger partial charge in [-0.25, -0.2) is 0 Å². The summed E-state index contributed by atoms with van der Waals surface area (Å²) in [6, 6.07) is 6.82. The van der Waals surface area contributed by atoms with E-state index in [1.807, 2.05) is 19.1 Å². The molecule has 2 aromatic rings. The molecule has 2 aromatic heterocycles. The third-order valence-electron chi connectivity index (χ3n) is 2.54. The summed E-state index contributed by atoms with van der Waals surface area (Å²) in [5.74, 6) is 0.302. The molecule has 0 aromatic carbocycles. The third-order valence-corrected chi connectivity index (χ3v) is 2.54. The number of nitrogens with zero attached hydrogens (tertiary/aromatic N) is 2. The lowest BCUT2D eigenvalue weighted by atomic mass is 10.2. The molecule has 0 saturated heterocycles. The molecule has 0 saturated carbocycles. The average Bonchev–Trinajstić information content (AvgIpc) is 2.80. The maximum Gasteiger partial charge on any atom is 0.433 e. The third kappa shape index (κ3) is 2.92. The van der Waals surface area contributed by atoms with E-state index in [0.717, 1.165) is 11.3 Å². The number of hydrogen-bond acceptors (Lipinski definition) is 5. The molecule has 0 atom stereocenters. The summed E-state index contributed by atoms with van der Waals surface area (Å²) in [4.78, 5) is 14.1. The van der Waals surface area contributed by atoms with Crippen molar-refractivity contribution in [3.63, 3.8) is 0 Å². The summed E-state index contributed by atoms with van der Waals surface area (Å²) in [6.07, 6.45) is 1.74. The van der Waals surface area contributed by atoms with Crippen molar-refractivity contribution in [2.45, 2.75) is 20.0 Å². The van der Waals surface area contributed by atoms with Crippen LogP contribution in [0.15, 0.2) is 34.9 Å². The summed E-state index contributed by atoms with van der Waals surface area (Å²) >= 11 is 0. The first-order valence-electron chi connectivity index (χ1n) is 5.51. The highest BCUT2D eigenvalue weighted by molar-refractivity contribution is 5.19. The first-order valence-corrected chi connectivity index (χ1v) is 5.51. The zero-order valence-corrected chi connectivity index (χ0v) is 9.92. The van der Waals surface area contributed by atoms with Crippen LogP contribution < -0.4 is 5.32 Å². The molecule has 6 nitrogen and oxygen atoms in total. The second-order valence-corrected chi connectivity index (χ2v) is 3.87. The predicted octanol–water partition coefficient (Wildman–Crippen LogP) is 2.18.